The number of rotatable bonds is 6. The highest BCUT2D eigenvalue weighted by Gasteiger charge is 2.23. The van der Waals surface area contributed by atoms with Crippen LogP contribution in [0, 0.1) is 13.8 Å². The quantitative estimate of drug-likeness (QED) is 0.577. The average molecular weight is 429 g/mol. The Kier molecular flexibility index (Phi) is 6.26. The number of esters is 2. The van der Waals surface area contributed by atoms with Gasteiger partial charge in [0.15, 0.2) is 12.3 Å². The van der Waals surface area contributed by atoms with Gasteiger partial charge < -0.3 is 14.8 Å². The van der Waals surface area contributed by atoms with Crippen molar-refractivity contribution in [2.75, 3.05) is 18.5 Å². The van der Waals surface area contributed by atoms with Gasteiger partial charge in [-0.05, 0) is 32.4 Å². The van der Waals surface area contributed by atoms with Crippen molar-refractivity contribution < 1.29 is 23.9 Å². The third kappa shape index (κ3) is 4.23. The molecule has 0 unspecified atom stereocenters. The molecule has 2 aromatic heterocycles. The van der Waals surface area contributed by atoms with E-state index in [1.807, 2.05) is 6.92 Å². The van der Waals surface area contributed by atoms with Gasteiger partial charge in [-0.2, -0.15) is 5.10 Å². The molecule has 0 aliphatic rings. The van der Waals surface area contributed by atoms with Crippen LogP contribution in [-0.4, -0.2) is 41.3 Å². The molecule has 2 heterocycles. The third-order valence-electron chi connectivity index (χ3n) is 4.34. The van der Waals surface area contributed by atoms with Gasteiger partial charge in [-0.15, -0.1) is 11.3 Å². The van der Waals surface area contributed by atoms with Gasteiger partial charge in [0, 0.05) is 10.3 Å². The molecular formula is C20H19N3O6S. The van der Waals surface area contributed by atoms with Crippen molar-refractivity contribution >= 4 is 45.0 Å². The molecule has 0 atom stereocenters. The van der Waals surface area contributed by atoms with E-state index in [0.717, 1.165) is 10.4 Å². The Morgan fingerprint density at radius 2 is 1.80 bits per heavy atom. The second-order valence-electron chi connectivity index (χ2n) is 6.28. The maximum absolute atomic E-state index is 12.4. The number of aryl methyl sites for hydroxylation is 1. The van der Waals surface area contributed by atoms with Crippen LogP contribution in [0.2, 0.25) is 0 Å². The van der Waals surface area contributed by atoms with Crippen LogP contribution in [-0.2, 0) is 14.3 Å². The fourth-order valence-electron chi connectivity index (χ4n) is 2.80. The minimum atomic E-state index is -0.859. The molecule has 3 aromatic rings. The number of nitrogens with zero attached hydrogens (tertiary/aromatic N) is 1. The average Bonchev–Trinajstić information content (AvgIpc) is 3.00. The molecule has 30 heavy (non-hydrogen) atoms. The van der Waals surface area contributed by atoms with Gasteiger partial charge in [-0.25, -0.2) is 14.7 Å². The summed E-state index contributed by atoms with van der Waals surface area (Å²) in [5, 5.41) is 9.50. The number of nitrogens with one attached hydrogen (secondary N) is 2. The molecule has 0 fully saturated rings. The Bertz CT molecular complexity index is 1200. The van der Waals surface area contributed by atoms with E-state index in [0.29, 0.717) is 10.4 Å². The molecule has 9 nitrogen and oxygen atoms in total. The van der Waals surface area contributed by atoms with Gasteiger partial charge in [-0.3, -0.25) is 9.59 Å². The van der Waals surface area contributed by atoms with E-state index >= 15 is 0 Å². The minimum Gasteiger partial charge on any atom is -0.462 e. The molecule has 0 saturated heterocycles. The lowest BCUT2D eigenvalue weighted by molar-refractivity contribution is -0.119. The van der Waals surface area contributed by atoms with E-state index in [4.69, 9.17) is 9.47 Å². The van der Waals surface area contributed by atoms with Crippen LogP contribution in [0.1, 0.15) is 38.2 Å². The number of benzene rings is 1. The Balaban J connectivity index is 1.73. The van der Waals surface area contributed by atoms with Crippen molar-refractivity contribution in [1.82, 2.24) is 10.2 Å². The maximum Gasteiger partial charge on any atom is 0.359 e. The van der Waals surface area contributed by atoms with E-state index in [1.54, 1.807) is 38.1 Å². The first-order valence-corrected chi connectivity index (χ1v) is 9.86. The smallest absolute Gasteiger partial charge is 0.359 e. The highest BCUT2D eigenvalue weighted by molar-refractivity contribution is 7.16. The Labute approximate surface area is 175 Å². The van der Waals surface area contributed by atoms with Crippen molar-refractivity contribution in [2.45, 2.75) is 20.8 Å². The van der Waals surface area contributed by atoms with Crippen molar-refractivity contribution in [3.05, 3.63) is 56.3 Å². The zero-order valence-corrected chi connectivity index (χ0v) is 17.3. The molecule has 0 saturated carbocycles. The molecule has 156 valence electrons. The molecule has 0 radical (unpaired) electrons. The van der Waals surface area contributed by atoms with Crippen LogP contribution in [0.3, 0.4) is 0 Å². The number of carbonyl (C=O) groups excluding carboxylic acids is 3. The number of carbonyl (C=O) groups is 3. The van der Waals surface area contributed by atoms with Crippen molar-refractivity contribution in [2.24, 2.45) is 0 Å². The lowest BCUT2D eigenvalue weighted by atomic mass is 10.1. The van der Waals surface area contributed by atoms with Gasteiger partial charge in [0.2, 0.25) is 0 Å². The summed E-state index contributed by atoms with van der Waals surface area (Å²) in [6, 6.07) is 6.44. The first kappa shape index (κ1) is 21.2. The fraction of sp³-hybridized carbons (Fsp3) is 0.250. The van der Waals surface area contributed by atoms with Crippen LogP contribution in [0.25, 0.3) is 10.8 Å². The molecule has 2 N–H and O–H groups in total. The number of aromatic nitrogens is 2. The number of fused-ring (bicyclic) bond motifs is 1. The number of amides is 1. The predicted molar refractivity (Wildman–Crippen MR) is 111 cm³/mol. The van der Waals surface area contributed by atoms with Crippen molar-refractivity contribution in [3.63, 3.8) is 0 Å². The maximum atomic E-state index is 12.4. The summed E-state index contributed by atoms with van der Waals surface area (Å²) in [6.45, 7) is 4.90. The van der Waals surface area contributed by atoms with Gasteiger partial charge in [-0.1, -0.05) is 18.2 Å². The fourth-order valence-corrected chi connectivity index (χ4v) is 3.86. The lowest BCUT2D eigenvalue weighted by Gasteiger charge is -2.08. The Morgan fingerprint density at radius 1 is 1.10 bits per heavy atom. The summed E-state index contributed by atoms with van der Waals surface area (Å²) in [5.41, 5.74) is 0.463. The van der Waals surface area contributed by atoms with Gasteiger partial charge in [0.1, 0.15) is 5.00 Å². The molecule has 10 heteroatoms. The highest BCUT2D eigenvalue weighted by Crippen LogP contribution is 2.33. The van der Waals surface area contributed by atoms with Crippen LogP contribution in [0.4, 0.5) is 5.00 Å². The molecule has 1 aromatic carbocycles. The molecule has 0 aliphatic heterocycles. The van der Waals surface area contributed by atoms with Crippen LogP contribution in [0.15, 0.2) is 29.1 Å². The number of aromatic amines is 1. The Morgan fingerprint density at radius 3 is 2.50 bits per heavy atom. The summed E-state index contributed by atoms with van der Waals surface area (Å²) >= 11 is 1.23. The molecule has 0 aliphatic carbocycles. The zero-order chi connectivity index (χ0) is 21.8. The monoisotopic (exact) mass is 429 g/mol. The standard InChI is InChI=1S/C20H19N3O6S/c1-4-28-19(26)15-10(2)11(3)30-18(15)21-14(24)9-29-20(27)16-12-7-5-6-8-13(12)17(25)23-22-16/h5-8H,4,9H2,1-3H3,(H,21,24)(H,23,25). The van der Waals surface area contributed by atoms with Crippen LogP contribution < -0.4 is 10.9 Å². The van der Waals surface area contributed by atoms with Gasteiger partial charge in [0.25, 0.3) is 11.5 Å². The summed E-state index contributed by atoms with van der Waals surface area (Å²) in [6.07, 6.45) is 0. The first-order valence-electron chi connectivity index (χ1n) is 9.05. The molecule has 0 spiro atoms. The first-order chi connectivity index (χ1) is 14.3. The van der Waals surface area contributed by atoms with E-state index in [2.05, 4.69) is 15.5 Å². The molecular weight excluding hydrogens is 410 g/mol. The van der Waals surface area contributed by atoms with E-state index in [9.17, 15) is 19.2 Å². The second kappa shape index (κ2) is 8.87. The highest BCUT2D eigenvalue weighted by atomic mass is 32.1. The minimum absolute atomic E-state index is 0.104. The lowest BCUT2D eigenvalue weighted by Crippen LogP contribution is -2.23. The number of hydrogen-bond donors (Lipinski definition) is 2. The Hall–Kier alpha value is -3.53. The van der Waals surface area contributed by atoms with Crippen molar-refractivity contribution in [1.29, 1.82) is 0 Å². The predicted octanol–water partition coefficient (Wildman–Crippen LogP) is 2.57. The zero-order valence-electron chi connectivity index (χ0n) is 16.5. The topological polar surface area (TPSA) is 127 Å². The molecule has 0 bridgehead atoms. The SMILES string of the molecule is CCOC(=O)c1c(NC(=O)COC(=O)c2n[nH]c(=O)c3ccccc23)sc(C)c1C. The largest absolute Gasteiger partial charge is 0.462 e. The van der Waals surface area contributed by atoms with Gasteiger partial charge >= 0.3 is 11.9 Å². The van der Waals surface area contributed by atoms with E-state index in [1.165, 1.54) is 11.3 Å². The number of ether oxygens (including phenoxy) is 2. The van der Waals surface area contributed by atoms with Gasteiger partial charge in [0.05, 0.1) is 17.6 Å². The number of hydrogen-bond acceptors (Lipinski definition) is 8. The summed E-state index contributed by atoms with van der Waals surface area (Å²) < 4.78 is 10.1. The summed E-state index contributed by atoms with van der Waals surface area (Å²) in [7, 11) is 0. The van der Waals surface area contributed by atoms with E-state index in [-0.39, 0.29) is 23.3 Å². The number of thiophene rings is 1. The van der Waals surface area contributed by atoms with Crippen LogP contribution >= 0.6 is 11.3 Å². The summed E-state index contributed by atoms with van der Waals surface area (Å²) in [5.74, 6) is -2.01. The number of anilines is 1. The second-order valence-corrected chi connectivity index (χ2v) is 7.50. The van der Waals surface area contributed by atoms with Crippen molar-refractivity contribution in [3.8, 4) is 0 Å². The number of H-pyrrole nitrogens is 1. The normalized spacial score (nSPS) is 10.6. The summed E-state index contributed by atoms with van der Waals surface area (Å²) in [4.78, 5) is 49.6. The molecule has 1 amide bonds. The van der Waals surface area contributed by atoms with E-state index < -0.39 is 30.0 Å². The third-order valence-corrected chi connectivity index (χ3v) is 5.46. The van der Waals surface area contributed by atoms with Crippen LogP contribution in [0.5, 0.6) is 0 Å². The molecule has 3 rings (SSSR count).